The molecule has 2 atom stereocenters. The van der Waals surface area contributed by atoms with E-state index in [1.807, 2.05) is 26.0 Å². The lowest BCUT2D eigenvalue weighted by molar-refractivity contribution is -0.139. The molecule has 0 bridgehead atoms. The molecule has 216 valence electrons. The Kier molecular flexibility index (Phi) is 9.06. The van der Waals surface area contributed by atoms with Gasteiger partial charge in [0.1, 0.15) is 17.4 Å². The number of carbonyl (C=O) groups excluding carboxylic acids is 1. The summed E-state index contributed by atoms with van der Waals surface area (Å²) < 4.78 is 34.5. The highest BCUT2D eigenvalue weighted by atomic mass is 35.5. The van der Waals surface area contributed by atoms with Crippen LogP contribution in [0, 0.1) is 12.8 Å². The van der Waals surface area contributed by atoms with Crippen molar-refractivity contribution in [3.63, 3.8) is 0 Å². The number of anilines is 2. The minimum Gasteiger partial charge on any atom is -0.489 e. The van der Waals surface area contributed by atoms with Crippen molar-refractivity contribution in [1.29, 1.82) is 0 Å². The molecule has 1 aromatic heterocycles. The van der Waals surface area contributed by atoms with Gasteiger partial charge >= 0.3 is 5.97 Å². The zero-order valence-corrected chi connectivity index (χ0v) is 24.7. The lowest BCUT2D eigenvalue weighted by atomic mass is 10.0. The first-order valence-electron chi connectivity index (χ1n) is 12.9. The normalized spacial score (nSPS) is 12.9. The lowest BCUT2D eigenvalue weighted by Gasteiger charge is -2.29. The summed E-state index contributed by atoms with van der Waals surface area (Å²) in [5, 5.41) is 13.5. The number of carbonyl (C=O) groups is 2. The third kappa shape index (κ3) is 6.40. The molecule has 4 aromatic rings. The molecule has 4 rings (SSSR count). The number of carboxylic acids is 1. The van der Waals surface area contributed by atoms with Gasteiger partial charge in [-0.05, 0) is 74.2 Å². The standard InChI is InChI=1S/C30H31ClN2O7S/c1-16(2)26(30(35)36)33(41(37)38)22-12-8-20(9-13-22)19-6-10-21(11-7-19)32-29(34)27-18(5)25-24(40-27)15-14-23(31)28(25)39-17(3)4/h6-17,26H,1-5H3,(H,32,34)(H,35,36)(H,37,38). The molecule has 11 heteroatoms. The van der Waals surface area contributed by atoms with E-state index in [0.29, 0.717) is 38.7 Å². The Morgan fingerprint density at radius 1 is 0.976 bits per heavy atom. The summed E-state index contributed by atoms with van der Waals surface area (Å²) in [5.74, 6) is -1.37. The van der Waals surface area contributed by atoms with Crippen LogP contribution in [0.2, 0.25) is 5.02 Å². The minimum absolute atomic E-state index is 0.112. The van der Waals surface area contributed by atoms with Crippen molar-refractivity contribution in [2.24, 2.45) is 5.92 Å². The number of nitrogens with zero attached hydrogens (tertiary/aromatic N) is 1. The Balaban J connectivity index is 1.53. The largest absolute Gasteiger partial charge is 0.489 e. The zero-order valence-electron chi connectivity index (χ0n) is 23.2. The van der Waals surface area contributed by atoms with Crippen LogP contribution in [0.1, 0.15) is 43.8 Å². The topological polar surface area (TPSA) is 129 Å². The molecule has 0 aliphatic rings. The summed E-state index contributed by atoms with van der Waals surface area (Å²) in [7, 11) is 0. The average Bonchev–Trinajstić information content (AvgIpc) is 3.25. The molecule has 0 fully saturated rings. The second-order valence-electron chi connectivity index (χ2n) is 10.1. The number of nitrogens with one attached hydrogen (secondary N) is 1. The van der Waals surface area contributed by atoms with Crippen LogP contribution < -0.4 is 14.4 Å². The SMILES string of the molecule is Cc1c(C(=O)Nc2ccc(-c3ccc(N(C(C(=O)O)C(C)C)S(=O)O)cc3)cc2)oc2ccc(Cl)c(OC(C)C)c12. The third-order valence-corrected chi connectivity index (χ3v) is 7.53. The van der Waals surface area contributed by atoms with Crippen molar-refractivity contribution < 1.29 is 32.6 Å². The van der Waals surface area contributed by atoms with Gasteiger partial charge in [-0.2, -0.15) is 0 Å². The molecule has 0 saturated heterocycles. The van der Waals surface area contributed by atoms with Gasteiger partial charge in [-0.15, -0.1) is 0 Å². The highest BCUT2D eigenvalue weighted by molar-refractivity contribution is 7.80. The molecular weight excluding hydrogens is 568 g/mol. The van der Waals surface area contributed by atoms with Gasteiger partial charge in [0.15, 0.2) is 5.76 Å². The Bertz CT molecular complexity index is 1600. The van der Waals surface area contributed by atoms with Crippen molar-refractivity contribution in [2.75, 3.05) is 9.62 Å². The summed E-state index contributed by atoms with van der Waals surface area (Å²) in [6.07, 6.45) is -0.112. The van der Waals surface area contributed by atoms with Gasteiger partial charge in [0.2, 0.25) is 0 Å². The number of amides is 1. The van der Waals surface area contributed by atoms with Crippen molar-refractivity contribution >= 4 is 57.1 Å². The molecule has 9 nitrogen and oxygen atoms in total. The van der Waals surface area contributed by atoms with Gasteiger partial charge < -0.3 is 19.6 Å². The first-order valence-corrected chi connectivity index (χ1v) is 14.4. The first kappa shape index (κ1) is 30.1. The van der Waals surface area contributed by atoms with Gasteiger partial charge in [-0.3, -0.25) is 13.7 Å². The van der Waals surface area contributed by atoms with Crippen LogP contribution in [0.5, 0.6) is 5.75 Å². The third-order valence-electron chi connectivity index (χ3n) is 6.46. The van der Waals surface area contributed by atoms with Crippen LogP contribution in [0.25, 0.3) is 22.1 Å². The van der Waals surface area contributed by atoms with E-state index in [1.165, 1.54) is 0 Å². The second-order valence-corrected chi connectivity index (χ2v) is 11.4. The fraction of sp³-hybridized carbons (Fsp3) is 0.267. The van der Waals surface area contributed by atoms with E-state index in [2.05, 4.69) is 5.32 Å². The molecule has 2 unspecified atom stereocenters. The maximum absolute atomic E-state index is 13.1. The van der Waals surface area contributed by atoms with E-state index >= 15 is 0 Å². The summed E-state index contributed by atoms with van der Waals surface area (Å²) >= 11 is 3.84. The molecule has 41 heavy (non-hydrogen) atoms. The van der Waals surface area contributed by atoms with E-state index in [1.54, 1.807) is 69.3 Å². The highest BCUT2D eigenvalue weighted by Crippen LogP contribution is 2.39. The Morgan fingerprint density at radius 2 is 1.56 bits per heavy atom. The number of rotatable bonds is 10. The van der Waals surface area contributed by atoms with E-state index in [9.17, 15) is 23.5 Å². The van der Waals surface area contributed by atoms with Crippen molar-refractivity contribution in [3.05, 3.63) is 77.0 Å². The molecular formula is C30H31ClN2O7S. The number of benzene rings is 3. The number of hydrogen-bond donors (Lipinski definition) is 3. The number of fused-ring (bicyclic) bond motifs is 1. The Labute approximate surface area is 245 Å². The van der Waals surface area contributed by atoms with E-state index in [0.717, 1.165) is 15.4 Å². The summed E-state index contributed by atoms with van der Waals surface area (Å²) in [6.45, 7) is 8.92. The molecule has 0 aliphatic heterocycles. The molecule has 3 aromatic carbocycles. The fourth-order valence-corrected chi connectivity index (χ4v) is 5.62. The van der Waals surface area contributed by atoms with Gasteiger partial charge in [-0.25, -0.2) is 9.00 Å². The maximum atomic E-state index is 13.1. The van der Waals surface area contributed by atoms with Gasteiger partial charge in [0.05, 0.1) is 22.2 Å². The number of carboxylic acid groups (broad SMARTS) is 1. The Morgan fingerprint density at radius 3 is 2.07 bits per heavy atom. The van der Waals surface area contributed by atoms with Crippen LogP contribution in [-0.4, -0.2) is 37.9 Å². The number of hydrogen-bond acceptors (Lipinski definition) is 5. The van der Waals surface area contributed by atoms with E-state index in [4.69, 9.17) is 20.8 Å². The van der Waals surface area contributed by atoms with E-state index < -0.39 is 35.1 Å². The van der Waals surface area contributed by atoms with Crippen LogP contribution >= 0.6 is 11.6 Å². The van der Waals surface area contributed by atoms with Crippen LogP contribution in [0.3, 0.4) is 0 Å². The predicted octanol–water partition coefficient (Wildman–Crippen LogP) is 7.15. The summed E-state index contributed by atoms with van der Waals surface area (Å²) in [4.78, 5) is 24.9. The van der Waals surface area contributed by atoms with Crippen LogP contribution in [-0.2, 0) is 16.1 Å². The molecule has 0 saturated carbocycles. The molecule has 1 heterocycles. The number of aliphatic carboxylic acids is 1. The quantitative estimate of drug-likeness (QED) is 0.165. The molecule has 0 radical (unpaired) electrons. The first-order chi connectivity index (χ1) is 19.4. The van der Waals surface area contributed by atoms with Crippen molar-refractivity contribution in [3.8, 4) is 16.9 Å². The number of halogens is 1. The molecule has 0 spiro atoms. The van der Waals surface area contributed by atoms with E-state index in [-0.39, 0.29) is 11.9 Å². The molecule has 1 amide bonds. The number of aryl methyl sites for hydroxylation is 1. The predicted molar refractivity (Wildman–Crippen MR) is 161 cm³/mol. The van der Waals surface area contributed by atoms with Crippen LogP contribution in [0.4, 0.5) is 11.4 Å². The fourth-order valence-electron chi connectivity index (χ4n) is 4.59. The van der Waals surface area contributed by atoms with Crippen molar-refractivity contribution in [1.82, 2.24) is 0 Å². The van der Waals surface area contributed by atoms with Gasteiger partial charge in [0.25, 0.3) is 17.2 Å². The van der Waals surface area contributed by atoms with Gasteiger partial charge in [-0.1, -0.05) is 49.7 Å². The number of ether oxygens (including phenoxy) is 1. The molecule has 0 aliphatic carbocycles. The van der Waals surface area contributed by atoms with Crippen LogP contribution in [0.15, 0.2) is 65.1 Å². The van der Waals surface area contributed by atoms with Crippen molar-refractivity contribution in [2.45, 2.75) is 46.8 Å². The lowest BCUT2D eigenvalue weighted by Crippen LogP contribution is -2.45. The summed E-state index contributed by atoms with van der Waals surface area (Å²) in [6, 6.07) is 16.0. The van der Waals surface area contributed by atoms with Gasteiger partial charge in [0, 0.05) is 11.3 Å². The maximum Gasteiger partial charge on any atom is 0.327 e. The highest BCUT2D eigenvalue weighted by Gasteiger charge is 2.32. The average molecular weight is 599 g/mol. The second kappa shape index (κ2) is 12.3. The molecule has 3 N–H and O–H groups in total. The zero-order chi connectivity index (χ0) is 30.0. The number of furan rings is 1. The minimum atomic E-state index is -2.52. The smallest absolute Gasteiger partial charge is 0.327 e. The summed E-state index contributed by atoms with van der Waals surface area (Å²) in [5.41, 5.74) is 3.61. The Hall–Kier alpha value is -3.86. The monoisotopic (exact) mass is 598 g/mol.